The molecule has 1 aromatic carbocycles. The first-order chi connectivity index (χ1) is 7.52. The molecule has 0 aromatic heterocycles. The zero-order valence-electron chi connectivity index (χ0n) is 8.59. The monoisotopic (exact) mass is 282 g/mol. The molecule has 5 heteroatoms. The molecule has 1 nitrogen and oxygen atoms in total. The summed E-state index contributed by atoms with van der Waals surface area (Å²) in [6.07, 6.45) is 0.290. The number of hydrogen-bond acceptors (Lipinski definition) is 1. The summed E-state index contributed by atoms with van der Waals surface area (Å²) >= 11 is 0. The van der Waals surface area contributed by atoms with Gasteiger partial charge in [-0.3, -0.25) is 0 Å². The van der Waals surface area contributed by atoms with Gasteiger partial charge in [0.05, 0.1) is 0 Å². The first-order valence-electron chi connectivity index (χ1n) is 4.52. The predicted molar refractivity (Wildman–Crippen MR) is 53.4 cm³/mol. The van der Waals surface area contributed by atoms with E-state index in [1.807, 2.05) is 30.3 Å². The molecule has 0 saturated heterocycles. The van der Waals surface area contributed by atoms with Crippen LogP contribution in [-0.4, -0.2) is 6.18 Å². The zero-order valence-corrected chi connectivity index (χ0v) is 9.70. The summed E-state index contributed by atoms with van der Waals surface area (Å²) < 4.78 is 35.0. The van der Waals surface area contributed by atoms with E-state index in [1.165, 1.54) is 12.2 Å². The van der Waals surface area contributed by atoms with Crippen molar-refractivity contribution in [3.63, 3.8) is 0 Å². The number of halogens is 3. The van der Waals surface area contributed by atoms with Gasteiger partial charge in [0, 0.05) is 0 Å². The second-order valence-corrected chi connectivity index (χ2v) is 2.96. The van der Waals surface area contributed by atoms with Crippen molar-refractivity contribution in [3.05, 3.63) is 66.0 Å². The van der Waals surface area contributed by atoms with Crippen molar-refractivity contribution in [1.29, 1.82) is 0 Å². The second-order valence-electron chi connectivity index (χ2n) is 2.96. The Kier molecular flexibility index (Phi) is 6.54. The fourth-order valence-electron chi connectivity index (χ4n) is 1.01. The van der Waals surface area contributed by atoms with Crippen molar-refractivity contribution in [2.75, 3.05) is 0 Å². The van der Waals surface area contributed by atoms with Crippen LogP contribution in [0.3, 0.4) is 0 Å². The molecule has 1 aliphatic carbocycles. The Morgan fingerprint density at radius 3 is 1.82 bits per heavy atom. The predicted octanol–water partition coefficient (Wildman–Crippen LogP) is 2.69. The van der Waals surface area contributed by atoms with Crippen molar-refractivity contribution in [3.8, 4) is 0 Å². The first kappa shape index (κ1) is 15.7. The molecular weight excluding hydrogens is 273 g/mol. The van der Waals surface area contributed by atoms with Gasteiger partial charge in [0.2, 0.25) is 0 Å². The summed E-state index contributed by atoms with van der Waals surface area (Å²) in [6, 6.07) is 10.0. The van der Waals surface area contributed by atoms with Crippen LogP contribution in [0.25, 0.3) is 0 Å². The van der Waals surface area contributed by atoms with E-state index >= 15 is 0 Å². The van der Waals surface area contributed by atoms with Crippen LogP contribution in [-0.2, 0) is 17.1 Å². The Hall–Kier alpha value is -1.32. The quantitative estimate of drug-likeness (QED) is 0.407. The molecule has 0 N–H and O–H groups in total. The third kappa shape index (κ3) is 5.52. The van der Waals surface area contributed by atoms with Gasteiger partial charge in [-0.05, 0) is 11.3 Å². The summed E-state index contributed by atoms with van der Waals surface area (Å²) in [5.74, 6) is -1.79. The maximum atomic E-state index is 11.7. The summed E-state index contributed by atoms with van der Waals surface area (Å²) in [4.78, 5) is 0. The second kappa shape index (κ2) is 7.09. The number of rotatable bonds is 0. The average Bonchev–Trinajstić information content (AvgIpc) is 2.91. The summed E-state index contributed by atoms with van der Waals surface area (Å²) in [7, 11) is 0. The molecule has 1 aliphatic rings. The Balaban J connectivity index is 0.000000360. The number of alkyl halides is 3. The Morgan fingerprint density at radius 1 is 1.06 bits per heavy atom. The standard InChI is InChI=1S/C7H5F3O.C5H5.Fe/c8-7(9,10)6(11)5-3-1-2-4-5;1-2-4-5-3-1;/h1-4,11H;1-5H;/q;-1;+2/p-1. The summed E-state index contributed by atoms with van der Waals surface area (Å²) in [6.45, 7) is 0. The van der Waals surface area contributed by atoms with E-state index in [2.05, 4.69) is 0 Å². The van der Waals surface area contributed by atoms with E-state index in [1.54, 1.807) is 0 Å². The van der Waals surface area contributed by atoms with Gasteiger partial charge in [0.15, 0.2) is 0 Å². The minimum atomic E-state index is -4.76. The van der Waals surface area contributed by atoms with Gasteiger partial charge in [-0.25, -0.2) is 12.1 Å². The van der Waals surface area contributed by atoms with Gasteiger partial charge in [-0.1, -0.05) is 24.3 Å². The van der Waals surface area contributed by atoms with Crippen molar-refractivity contribution in [2.24, 2.45) is 0 Å². The van der Waals surface area contributed by atoms with Gasteiger partial charge >= 0.3 is 23.2 Å². The molecule has 0 radical (unpaired) electrons. The maximum Gasteiger partial charge on any atom is 2.00 e. The van der Waals surface area contributed by atoms with E-state index < -0.39 is 11.9 Å². The normalized spacial score (nSPS) is 12.8. The fraction of sp³-hybridized carbons (Fsp3) is 0.0833. The fourth-order valence-corrected chi connectivity index (χ4v) is 1.01. The van der Waals surface area contributed by atoms with E-state index in [4.69, 9.17) is 0 Å². The molecule has 0 bridgehead atoms. The van der Waals surface area contributed by atoms with Crippen LogP contribution < -0.4 is 5.11 Å². The molecule has 0 amide bonds. The molecular formula is C12H9F3FeO. The third-order valence-corrected chi connectivity index (χ3v) is 1.74. The van der Waals surface area contributed by atoms with E-state index in [-0.39, 0.29) is 22.6 Å². The SMILES string of the molecule is [Fe+2].[O-]C(=C1C=CC=C1)C(F)(F)F.c1cc[cH-]c1. The molecule has 0 heterocycles. The van der Waals surface area contributed by atoms with Gasteiger partial charge in [-0.2, -0.15) is 31.4 Å². The Morgan fingerprint density at radius 2 is 1.53 bits per heavy atom. The van der Waals surface area contributed by atoms with Gasteiger partial charge in [0.25, 0.3) is 0 Å². The minimum Gasteiger partial charge on any atom is -0.869 e. The van der Waals surface area contributed by atoms with Crippen LogP contribution in [0, 0.1) is 0 Å². The van der Waals surface area contributed by atoms with Crippen LogP contribution >= 0.6 is 0 Å². The van der Waals surface area contributed by atoms with Gasteiger partial charge < -0.3 is 5.11 Å². The molecule has 0 atom stereocenters. The molecule has 0 fully saturated rings. The van der Waals surface area contributed by atoms with E-state index in [9.17, 15) is 18.3 Å². The summed E-state index contributed by atoms with van der Waals surface area (Å²) in [5.41, 5.74) is -0.308. The molecule has 0 aliphatic heterocycles. The smallest absolute Gasteiger partial charge is 0.869 e. The van der Waals surface area contributed by atoms with E-state index in [0.717, 1.165) is 12.2 Å². The number of allylic oxidation sites excluding steroid dienone is 6. The molecule has 92 valence electrons. The van der Waals surface area contributed by atoms with Crippen molar-refractivity contribution in [1.82, 2.24) is 0 Å². The average molecular weight is 282 g/mol. The summed E-state index contributed by atoms with van der Waals surface area (Å²) in [5, 5.41) is 10.4. The van der Waals surface area contributed by atoms with Crippen molar-refractivity contribution < 1.29 is 35.3 Å². The van der Waals surface area contributed by atoms with Gasteiger partial charge in [0.1, 0.15) is 0 Å². The Bertz CT molecular complexity index is 369. The zero-order chi connectivity index (χ0) is 12.0. The molecule has 0 spiro atoms. The molecule has 1 aromatic rings. The topological polar surface area (TPSA) is 23.1 Å². The largest absolute Gasteiger partial charge is 2.00 e. The van der Waals surface area contributed by atoms with Crippen molar-refractivity contribution >= 4 is 0 Å². The van der Waals surface area contributed by atoms with E-state index in [0.29, 0.717) is 0 Å². The van der Waals surface area contributed by atoms with Crippen molar-refractivity contribution in [2.45, 2.75) is 6.18 Å². The molecule has 0 saturated carbocycles. The van der Waals surface area contributed by atoms with Crippen LogP contribution in [0.15, 0.2) is 66.0 Å². The molecule has 2 rings (SSSR count). The van der Waals surface area contributed by atoms with Crippen LogP contribution in [0.4, 0.5) is 13.2 Å². The third-order valence-electron chi connectivity index (χ3n) is 1.74. The minimum absolute atomic E-state index is 0. The maximum absolute atomic E-state index is 11.7. The first-order valence-corrected chi connectivity index (χ1v) is 4.52. The number of hydrogen-bond donors (Lipinski definition) is 0. The van der Waals surface area contributed by atoms with Crippen LogP contribution in [0.2, 0.25) is 0 Å². The Labute approximate surface area is 108 Å². The molecule has 0 unspecified atom stereocenters. The van der Waals surface area contributed by atoms with Crippen LogP contribution in [0.1, 0.15) is 0 Å². The molecule has 17 heavy (non-hydrogen) atoms. The van der Waals surface area contributed by atoms with Crippen LogP contribution in [0.5, 0.6) is 0 Å². The van der Waals surface area contributed by atoms with Gasteiger partial charge in [-0.15, -0.1) is 0 Å².